The van der Waals surface area contributed by atoms with Crippen molar-refractivity contribution in [2.75, 3.05) is 0 Å². The van der Waals surface area contributed by atoms with Gasteiger partial charge in [-0.15, -0.1) is 0 Å². The Morgan fingerprint density at radius 2 is 1.94 bits per heavy atom. The Bertz CT molecular complexity index is 669. The van der Waals surface area contributed by atoms with Crippen LogP contribution in [-0.2, 0) is 25.3 Å². The first kappa shape index (κ1) is 12.4. The van der Waals surface area contributed by atoms with Gasteiger partial charge in [0.05, 0.1) is 11.0 Å². The van der Waals surface area contributed by atoms with Crippen LogP contribution >= 0.6 is 0 Å². The zero-order valence-corrected chi connectivity index (χ0v) is 10.3. The third-order valence-corrected chi connectivity index (χ3v) is 3.11. The molecule has 6 nitrogen and oxygen atoms in total. The number of hydrogen-bond donors (Lipinski definition) is 2. The summed E-state index contributed by atoms with van der Waals surface area (Å²) in [6, 6.07) is 4.48. The molecular formula is C12H15N3O3. The molecule has 0 saturated heterocycles. The monoisotopic (exact) mass is 249 g/mol. The molecule has 0 spiro atoms. The Labute approximate surface area is 103 Å². The topological polar surface area (TPSA) is 90.3 Å². The predicted octanol–water partition coefficient (Wildman–Crippen LogP) is -0.169. The van der Waals surface area contributed by atoms with E-state index in [1.165, 1.54) is 4.57 Å². The number of fused-ring (bicyclic) bond motifs is 1. The number of aromatic nitrogens is 2. The minimum Gasteiger partial charge on any atom is -0.480 e. The van der Waals surface area contributed by atoms with E-state index < -0.39 is 12.0 Å². The highest BCUT2D eigenvalue weighted by atomic mass is 16.4. The van der Waals surface area contributed by atoms with Crippen LogP contribution in [0.25, 0.3) is 11.0 Å². The van der Waals surface area contributed by atoms with Crippen molar-refractivity contribution in [1.29, 1.82) is 0 Å². The summed E-state index contributed by atoms with van der Waals surface area (Å²) in [5.74, 6) is -1.03. The highest BCUT2D eigenvalue weighted by Gasteiger charge is 2.14. The van der Waals surface area contributed by atoms with Gasteiger partial charge in [0, 0.05) is 14.1 Å². The summed E-state index contributed by atoms with van der Waals surface area (Å²) >= 11 is 0. The van der Waals surface area contributed by atoms with E-state index in [4.69, 9.17) is 10.8 Å². The fourth-order valence-electron chi connectivity index (χ4n) is 2.02. The molecule has 1 unspecified atom stereocenters. The number of carboxylic acid groups (broad SMARTS) is 1. The van der Waals surface area contributed by atoms with Gasteiger partial charge in [0.15, 0.2) is 0 Å². The molecule has 2 aromatic rings. The molecule has 18 heavy (non-hydrogen) atoms. The van der Waals surface area contributed by atoms with E-state index in [2.05, 4.69) is 0 Å². The van der Waals surface area contributed by atoms with Crippen LogP contribution in [0.4, 0.5) is 0 Å². The Morgan fingerprint density at radius 1 is 1.33 bits per heavy atom. The minimum atomic E-state index is -1.03. The van der Waals surface area contributed by atoms with Crippen molar-refractivity contribution >= 4 is 17.0 Å². The molecule has 0 bridgehead atoms. The van der Waals surface area contributed by atoms with Gasteiger partial charge in [-0.25, -0.2) is 4.79 Å². The maximum atomic E-state index is 11.7. The summed E-state index contributed by atoms with van der Waals surface area (Å²) in [4.78, 5) is 22.4. The van der Waals surface area contributed by atoms with Gasteiger partial charge < -0.3 is 10.8 Å². The van der Waals surface area contributed by atoms with Crippen molar-refractivity contribution in [1.82, 2.24) is 9.13 Å². The summed E-state index contributed by atoms with van der Waals surface area (Å²) < 4.78 is 3.08. The highest BCUT2D eigenvalue weighted by molar-refractivity contribution is 5.78. The van der Waals surface area contributed by atoms with Crippen LogP contribution in [0.1, 0.15) is 5.56 Å². The van der Waals surface area contributed by atoms with Crippen molar-refractivity contribution in [3.63, 3.8) is 0 Å². The smallest absolute Gasteiger partial charge is 0.328 e. The summed E-state index contributed by atoms with van der Waals surface area (Å²) in [5, 5.41) is 8.78. The van der Waals surface area contributed by atoms with Crippen LogP contribution in [-0.4, -0.2) is 26.3 Å². The fraction of sp³-hybridized carbons (Fsp3) is 0.333. The lowest BCUT2D eigenvalue weighted by Crippen LogP contribution is -2.32. The maximum Gasteiger partial charge on any atom is 0.328 e. The average molecular weight is 249 g/mol. The quantitative estimate of drug-likeness (QED) is 0.790. The van der Waals surface area contributed by atoms with Gasteiger partial charge in [-0.1, -0.05) is 6.07 Å². The summed E-state index contributed by atoms with van der Waals surface area (Å²) in [6.07, 6.45) is 0.244. The molecule has 6 heteroatoms. The highest BCUT2D eigenvalue weighted by Crippen LogP contribution is 2.15. The maximum absolute atomic E-state index is 11.7. The van der Waals surface area contributed by atoms with Gasteiger partial charge in [0.1, 0.15) is 6.04 Å². The molecule has 1 atom stereocenters. The van der Waals surface area contributed by atoms with Gasteiger partial charge in [-0.2, -0.15) is 0 Å². The van der Waals surface area contributed by atoms with E-state index in [0.717, 1.165) is 16.6 Å². The molecule has 0 radical (unpaired) electrons. The number of rotatable bonds is 3. The molecule has 0 amide bonds. The predicted molar refractivity (Wildman–Crippen MR) is 67.5 cm³/mol. The standard InChI is InChI=1S/C12H15N3O3/c1-14-9-4-3-7(5-8(13)11(16)17)6-10(9)15(2)12(14)18/h3-4,6,8H,5,13H2,1-2H3,(H,16,17). The van der Waals surface area contributed by atoms with Crippen molar-refractivity contribution in [2.24, 2.45) is 19.8 Å². The van der Waals surface area contributed by atoms with Crippen LogP contribution in [0, 0.1) is 0 Å². The number of hydrogen-bond acceptors (Lipinski definition) is 3. The van der Waals surface area contributed by atoms with Gasteiger partial charge >= 0.3 is 11.7 Å². The SMILES string of the molecule is Cn1c(=O)n(C)c2cc(CC(N)C(=O)O)ccc21. The fourth-order valence-corrected chi connectivity index (χ4v) is 2.02. The molecule has 1 aromatic heterocycles. The van der Waals surface area contributed by atoms with Crippen molar-refractivity contribution < 1.29 is 9.90 Å². The molecule has 3 N–H and O–H groups in total. The second kappa shape index (κ2) is 4.30. The van der Waals surface area contributed by atoms with Crippen molar-refractivity contribution in [3.8, 4) is 0 Å². The third kappa shape index (κ3) is 1.91. The normalized spacial score (nSPS) is 12.8. The number of imidazole rings is 1. The van der Waals surface area contributed by atoms with Gasteiger partial charge in [0.2, 0.25) is 0 Å². The van der Waals surface area contributed by atoms with Crippen LogP contribution in [0.3, 0.4) is 0 Å². The van der Waals surface area contributed by atoms with Gasteiger partial charge in [-0.05, 0) is 24.1 Å². The lowest BCUT2D eigenvalue weighted by atomic mass is 10.1. The number of benzene rings is 1. The lowest BCUT2D eigenvalue weighted by molar-refractivity contribution is -0.138. The largest absolute Gasteiger partial charge is 0.480 e. The van der Waals surface area contributed by atoms with Crippen molar-refractivity contribution in [2.45, 2.75) is 12.5 Å². The summed E-state index contributed by atoms with van der Waals surface area (Å²) in [7, 11) is 3.39. The van der Waals surface area contributed by atoms with Crippen LogP contribution in [0.15, 0.2) is 23.0 Å². The number of carbonyl (C=O) groups is 1. The Hall–Kier alpha value is -2.08. The molecule has 0 aliphatic carbocycles. The van der Waals surface area contributed by atoms with Crippen LogP contribution in [0.5, 0.6) is 0 Å². The minimum absolute atomic E-state index is 0.107. The molecule has 0 fully saturated rings. The number of carboxylic acids is 1. The molecule has 1 heterocycles. The molecular weight excluding hydrogens is 234 g/mol. The van der Waals surface area contributed by atoms with Gasteiger partial charge in [0.25, 0.3) is 0 Å². The first-order chi connectivity index (χ1) is 8.41. The molecule has 0 aliphatic heterocycles. The third-order valence-electron chi connectivity index (χ3n) is 3.11. The lowest BCUT2D eigenvalue weighted by Gasteiger charge is -2.06. The van der Waals surface area contributed by atoms with Crippen LogP contribution in [0.2, 0.25) is 0 Å². The molecule has 1 aromatic carbocycles. The second-order valence-corrected chi connectivity index (χ2v) is 4.37. The summed E-state index contributed by atoms with van der Waals surface area (Å²) in [5.41, 5.74) is 7.78. The van der Waals surface area contributed by atoms with E-state index in [1.54, 1.807) is 36.9 Å². The van der Waals surface area contributed by atoms with E-state index in [1.807, 2.05) is 0 Å². The number of nitrogens with zero attached hydrogens (tertiary/aromatic N) is 2. The molecule has 96 valence electrons. The molecule has 2 rings (SSSR count). The zero-order chi connectivity index (χ0) is 13.4. The van der Waals surface area contributed by atoms with E-state index in [0.29, 0.717) is 0 Å². The summed E-state index contributed by atoms with van der Waals surface area (Å²) in [6.45, 7) is 0. The van der Waals surface area contributed by atoms with Crippen molar-refractivity contribution in [3.05, 3.63) is 34.2 Å². The number of nitrogens with two attached hydrogens (primary N) is 1. The number of aryl methyl sites for hydroxylation is 2. The first-order valence-electron chi connectivity index (χ1n) is 5.54. The van der Waals surface area contributed by atoms with E-state index >= 15 is 0 Å². The zero-order valence-electron chi connectivity index (χ0n) is 10.3. The average Bonchev–Trinajstić information content (AvgIpc) is 2.54. The Kier molecular flexibility index (Phi) is 2.96. The number of aliphatic carboxylic acids is 1. The van der Waals surface area contributed by atoms with E-state index in [-0.39, 0.29) is 12.1 Å². The molecule has 0 saturated carbocycles. The van der Waals surface area contributed by atoms with Gasteiger partial charge in [-0.3, -0.25) is 13.9 Å². The Morgan fingerprint density at radius 3 is 2.56 bits per heavy atom. The van der Waals surface area contributed by atoms with E-state index in [9.17, 15) is 9.59 Å². The Balaban J connectivity index is 2.48. The van der Waals surface area contributed by atoms with Crippen LogP contribution < -0.4 is 11.4 Å². The molecule has 0 aliphatic rings. The second-order valence-electron chi connectivity index (χ2n) is 4.37. The first-order valence-corrected chi connectivity index (χ1v) is 5.54.